The minimum atomic E-state index is -0.0251. The van der Waals surface area contributed by atoms with E-state index >= 15 is 0 Å². The van der Waals surface area contributed by atoms with Gasteiger partial charge in [0.15, 0.2) is 11.4 Å². The smallest absolute Gasteiger partial charge is 0.278 e. The summed E-state index contributed by atoms with van der Waals surface area (Å²) in [6, 6.07) is 9.82. The number of rotatable bonds is 8. The van der Waals surface area contributed by atoms with Crippen molar-refractivity contribution < 1.29 is 9.53 Å². The Morgan fingerprint density at radius 3 is 2.67 bits per heavy atom. The summed E-state index contributed by atoms with van der Waals surface area (Å²) in [6.07, 6.45) is 5.99. The first kappa shape index (κ1) is 19.4. The molecule has 1 N–H and O–H groups in total. The van der Waals surface area contributed by atoms with Gasteiger partial charge in [-0.1, -0.05) is 25.1 Å². The lowest BCUT2D eigenvalue weighted by atomic mass is 9.93. The van der Waals surface area contributed by atoms with Crippen molar-refractivity contribution in [2.75, 3.05) is 33.3 Å². The maximum absolute atomic E-state index is 13.1. The number of carbonyl (C=O) groups excluding carboxylic acids is 1. The van der Waals surface area contributed by atoms with Crippen molar-refractivity contribution in [3.05, 3.63) is 42.2 Å². The highest BCUT2D eigenvalue weighted by Gasteiger charge is 2.28. The Morgan fingerprint density at radius 2 is 2.00 bits per heavy atom. The molecule has 1 aromatic carbocycles. The van der Waals surface area contributed by atoms with E-state index < -0.39 is 0 Å². The summed E-state index contributed by atoms with van der Waals surface area (Å²) in [5.74, 6) is 1.24. The predicted octanol–water partition coefficient (Wildman–Crippen LogP) is 3.12. The number of likely N-dealkylation sites (tertiary alicyclic amines) is 1. The number of hydrogen-bond donors (Lipinski definition) is 1. The Hall–Kier alpha value is -2.34. The lowest BCUT2D eigenvalue weighted by Gasteiger charge is -2.31. The second-order valence-electron chi connectivity index (χ2n) is 7.10. The monoisotopic (exact) mass is 370 g/mol. The van der Waals surface area contributed by atoms with Crippen LogP contribution in [0.3, 0.4) is 0 Å². The van der Waals surface area contributed by atoms with Crippen molar-refractivity contribution in [1.82, 2.24) is 20.0 Å². The number of hydrogen-bond acceptors (Lipinski definition) is 4. The molecule has 0 radical (unpaired) electrons. The molecular formula is C21H30N4O2. The van der Waals surface area contributed by atoms with Crippen molar-refractivity contribution in [1.29, 1.82) is 0 Å². The fraction of sp³-hybridized carbons (Fsp3) is 0.524. The van der Waals surface area contributed by atoms with Crippen LogP contribution in [0.15, 0.2) is 36.5 Å². The zero-order valence-corrected chi connectivity index (χ0v) is 16.4. The molecule has 1 aliphatic rings. The Balaban J connectivity index is 1.74. The molecule has 3 rings (SSSR count). The van der Waals surface area contributed by atoms with Crippen molar-refractivity contribution in [3.8, 4) is 11.4 Å². The molecule has 146 valence electrons. The number of para-hydroxylation sites is 1. The average Bonchev–Trinajstić information content (AvgIpc) is 3.15. The van der Waals surface area contributed by atoms with Crippen molar-refractivity contribution in [2.45, 2.75) is 32.6 Å². The molecule has 2 aromatic rings. The summed E-state index contributed by atoms with van der Waals surface area (Å²) < 4.78 is 7.57. The topological polar surface area (TPSA) is 59.4 Å². The van der Waals surface area contributed by atoms with Crippen LogP contribution in [0.5, 0.6) is 5.75 Å². The van der Waals surface area contributed by atoms with Gasteiger partial charge >= 0.3 is 0 Å². The van der Waals surface area contributed by atoms with Gasteiger partial charge in [0.25, 0.3) is 5.91 Å². The SMILES string of the molecule is CCCOc1cn(-c2ccccc2)nc1C(=O)N1CCC(CCNC)CC1. The maximum atomic E-state index is 13.1. The Morgan fingerprint density at radius 1 is 1.26 bits per heavy atom. The van der Waals surface area contributed by atoms with Gasteiger partial charge in [0, 0.05) is 13.1 Å². The molecule has 0 spiro atoms. The summed E-state index contributed by atoms with van der Waals surface area (Å²) in [5, 5.41) is 7.78. The minimum Gasteiger partial charge on any atom is -0.489 e. The number of amides is 1. The average molecular weight is 370 g/mol. The van der Waals surface area contributed by atoms with Gasteiger partial charge in [-0.15, -0.1) is 0 Å². The number of aromatic nitrogens is 2. The van der Waals surface area contributed by atoms with Crippen LogP contribution >= 0.6 is 0 Å². The molecule has 0 atom stereocenters. The summed E-state index contributed by atoms with van der Waals surface area (Å²) in [5.41, 5.74) is 1.34. The van der Waals surface area contributed by atoms with Gasteiger partial charge in [0.2, 0.25) is 0 Å². The molecule has 1 saturated heterocycles. The Kier molecular flexibility index (Phi) is 6.87. The van der Waals surface area contributed by atoms with Gasteiger partial charge in [0.05, 0.1) is 18.5 Å². The van der Waals surface area contributed by atoms with Gasteiger partial charge in [-0.05, 0) is 57.3 Å². The fourth-order valence-corrected chi connectivity index (χ4v) is 3.46. The molecule has 6 heteroatoms. The predicted molar refractivity (Wildman–Crippen MR) is 107 cm³/mol. The molecule has 1 aromatic heterocycles. The number of nitrogens with zero attached hydrogens (tertiary/aromatic N) is 3. The summed E-state index contributed by atoms with van der Waals surface area (Å²) in [4.78, 5) is 15.0. The fourth-order valence-electron chi connectivity index (χ4n) is 3.46. The van der Waals surface area contributed by atoms with Crippen LogP contribution in [-0.4, -0.2) is 53.9 Å². The zero-order chi connectivity index (χ0) is 19.1. The molecule has 0 saturated carbocycles. The minimum absolute atomic E-state index is 0.0251. The van der Waals surface area contributed by atoms with Crippen molar-refractivity contribution in [3.63, 3.8) is 0 Å². The lowest BCUT2D eigenvalue weighted by molar-refractivity contribution is 0.0676. The van der Waals surface area contributed by atoms with Crippen LogP contribution in [0.25, 0.3) is 5.69 Å². The zero-order valence-electron chi connectivity index (χ0n) is 16.4. The second kappa shape index (κ2) is 9.55. The number of benzene rings is 1. The van der Waals surface area contributed by atoms with E-state index in [0.29, 0.717) is 24.0 Å². The third-order valence-corrected chi connectivity index (χ3v) is 5.07. The van der Waals surface area contributed by atoms with E-state index in [1.807, 2.05) is 48.5 Å². The first-order valence-corrected chi connectivity index (χ1v) is 9.94. The molecule has 1 amide bonds. The molecular weight excluding hydrogens is 340 g/mol. The second-order valence-corrected chi connectivity index (χ2v) is 7.10. The van der Waals surface area contributed by atoms with Gasteiger partial charge in [-0.25, -0.2) is 4.68 Å². The Labute approximate surface area is 161 Å². The van der Waals surface area contributed by atoms with Gasteiger partial charge in [-0.3, -0.25) is 4.79 Å². The van der Waals surface area contributed by atoms with E-state index in [1.165, 1.54) is 6.42 Å². The Bertz CT molecular complexity index is 721. The third-order valence-electron chi connectivity index (χ3n) is 5.07. The highest BCUT2D eigenvalue weighted by molar-refractivity contribution is 5.95. The van der Waals surface area contributed by atoms with Crippen LogP contribution in [0.2, 0.25) is 0 Å². The van der Waals surface area contributed by atoms with E-state index in [9.17, 15) is 4.79 Å². The van der Waals surface area contributed by atoms with Gasteiger partial charge in [-0.2, -0.15) is 5.10 Å². The normalized spacial score (nSPS) is 15.1. The third kappa shape index (κ3) is 4.89. The van der Waals surface area contributed by atoms with E-state index in [0.717, 1.165) is 44.6 Å². The highest BCUT2D eigenvalue weighted by atomic mass is 16.5. The first-order chi connectivity index (χ1) is 13.2. The van der Waals surface area contributed by atoms with E-state index in [-0.39, 0.29) is 5.91 Å². The van der Waals surface area contributed by atoms with Crippen molar-refractivity contribution >= 4 is 5.91 Å². The number of nitrogens with one attached hydrogen (secondary N) is 1. The summed E-state index contributed by atoms with van der Waals surface area (Å²) in [7, 11) is 1.99. The molecule has 0 aliphatic carbocycles. The van der Waals surface area contributed by atoms with Crippen LogP contribution in [-0.2, 0) is 0 Å². The summed E-state index contributed by atoms with van der Waals surface area (Å²) >= 11 is 0. The molecule has 27 heavy (non-hydrogen) atoms. The van der Waals surface area contributed by atoms with Gasteiger partial charge in [0.1, 0.15) is 0 Å². The van der Waals surface area contributed by atoms with E-state index in [4.69, 9.17) is 4.74 Å². The molecule has 6 nitrogen and oxygen atoms in total. The first-order valence-electron chi connectivity index (χ1n) is 9.94. The standard InChI is InChI=1S/C21H30N4O2/c1-3-15-27-19-16-25(18-7-5-4-6-8-18)23-20(19)21(26)24-13-10-17(11-14-24)9-12-22-2/h4-8,16-17,22H,3,9-15H2,1-2H3. The maximum Gasteiger partial charge on any atom is 0.278 e. The lowest BCUT2D eigenvalue weighted by Crippen LogP contribution is -2.39. The van der Waals surface area contributed by atoms with E-state index in [2.05, 4.69) is 17.3 Å². The summed E-state index contributed by atoms with van der Waals surface area (Å²) in [6.45, 7) is 5.25. The molecule has 0 unspecified atom stereocenters. The van der Waals surface area contributed by atoms with Crippen LogP contribution in [0.4, 0.5) is 0 Å². The van der Waals surface area contributed by atoms with Crippen LogP contribution < -0.4 is 10.1 Å². The van der Waals surface area contributed by atoms with E-state index in [1.54, 1.807) is 4.68 Å². The molecule has 2 heterocycles. The van der Waals surface area contributed by atoms with Crippen molar-refractivity contribution in [2.24, 2.45) is 5.92 Å². The number of piperidine rings is 1. The highest BCUT2D eigenvalue weighted by Crippen LogP contribution is 2.25. The van der Waals surface area contributed by atoms with Crippen LogP contribution in [0.1, 0.15) is 43.1 Å². The largest absolute Gasteiger partial charge is 0.489 e. The molecule has 1 fully saturated rings. The quantitative estimate of drug-likeness (QED) is 0.776. The number of carbonyl (C=O) groups is 1. The number of ether oxygens (including phenoxy) is 1. The van der Waals surface area contributed by atoms with Crippen LogP contribution in [0, 0.1) is 5.92 Å². The molecule has 1 aliphatic heterocycles. The van der Waals surface area contributed by atoms with Gasteiger partial charge < -0.3 is 15.0 Å². The molecule has 0 bridgehead atoms.